The van der Waals surface area contributed by atoms with Crippen LogP contribution in [0.25, 0.3) is 0 Å². The summed E-state index contributed by atoms with van der Waals surface area (Å²) in [5, 5.41) is 0. The standard InChI is InChI=1S/HI3.2U/c1-3-2;;/h3H;;. The normalized spacial score (nSPS) is 4.40. The van der Waals surface area contributed by atoms with Crippen molar-refractivity contribution < 1.29 is 62.2 Å². The Hall–Kier alpha value is 4.29. The summed E-state index contributed by atoms with van der Waals surface area (Å²) in [6.07, 6.45) is 0. The van der Waals surface area contributed by atoms with Gasteiger partial charge in [0, 0.05) is 62.2 Å². The van der Waals surface area contributed by atoms with Gasteiger partial charge >= 0.3 is 50.5 Å². The Morgan fingerprint density at radius 2 is 1.00 bits per heavy atom. The van der Waals surface area contributed by atoms with E-state index in [9.17, 15) is 0 Å². The zero-order valence-corrected chi connectivity index (χ0v) is 17.1. The maximum atomic E-state index is 2.41. The van der Waals surface area contributed by atoms with Crippen LogP contribution in [-0.4, -0.2) is 0 Å². The zero-order valence-electron chi connectivity index (χ0n) is 2.16. The van der Waals surface area contributed by atoms with Gasteiger partial charge in [0.05, 0.1) is 0 Å². The van der Waals surface area contributed by atoms with Crippen molar-refractivity contribution in [2.75, 3.05) is 0 Å². The van der Waals surface area contributed by atoms with Gasteiger partial charge < -0.3 is 0 Å². The Balaban J connectivity index is -0.0000000200. The largest absolute Gasteiger partial charge is 0 e. The Morgan fingerprint density at radius 3 is 1.00 bits per heavy atom. The van der Waals surface area contributed by atoms with Crippen LogP contribution < -0.4 is 0 Å². The smallest absolute Gasteiger partial charge is 0 e. The average Bonchev–Trinajstić information content (AvgIpc) is 0.918. The third-order valence-electron chi connectivity index (χ3n) is 0. The molecule has 0 heterocycles. The van der Waals surface area contributed by atoms with Gasteiger partial charge in [0.15, 0.2) is 0 Å². The fraction of sp³-hybridized carbons (Fsp3) is 0. The van der Waals surface area contributed by atoms with E-state index < -0.39 is 0 Å². The molecule has 0 radical (unpaired) electrons. The second-order valence-electron chi connectivity index (χ2n) is 0.0583. The first-order valence-corrected chi connectivity index (χ1v) is 13.9. The molecule has 0 aromatic carbocycles. The van der Waals surface area contributed by atoms with Gasteiger partial charge in [0.1, 0.15) is 0 Å². The summed E-state index contributed by atoms with van der Waals surface area (Å²) in [6.45, 7) is 0. The maximum absolute atomic E-state index is 2.41. The molecule has 0 aromatic heterocycles. The van der Waals surface area contributed by atoms with Crippen molar-refractivity contribution in [2.24, 2.45) is 0 Å². The molecule has 5 heteroatoms. The van der Waals surface area contributed by atoms with Crippen molar-refractivity contribution in [2.45, 2.75) is 0 Å². The summed E-state index contributed by atoms with van der Waals surface area (Å²) in [4.78, 5) is 0. The molecule has 0 bridgehead atoms. The molecule has 0 rings (SSSR count). The van der Waals surface area contributed by atoms with Crippen LogP contribution in [0, 0.1) is 62.2 Å². The van der Waals surface area contributed by atoms with E-state index in [0.717, 1.165) is 0 Å². The van der Waals surface area contributed by atoms with E-state index >= 15 is 0 Å². The van der Waals surface area contributed by atoms with Crippen molar-refractivity contribution in [3.05, 3.63) is 0 Å². The van der Waals surface area contributed by atoms with Gasteiger partial charge in [-0.05, 0) is 0 Å². The number of rotatable bonds is 0. The van der Waals surface area contributed by atoms with Crippen molar-refractivity contribution in [1.82, 2.24) is 0 Å². The van der Waals surface area contributed by atoms with Gasteiger partial charge in [-0.2, -0.15) is 0 Å². The van der Waals surface area contributed by atoms with Crippen molar-refractivity contribution in [1.29, 1.82) is 0 Å². The van der Waals surface area contributed by atoms with E-state index in [4.69, 9.17) is 0 Å². The molecular weight excluding hydrogens is 857 g/mol. The first kappa shape index (κ1) is 16.1. The van der Waals surface area contributed by atoms with Crippen LogP contribution in [0.4, 0.5) is 0 Å². The fourth-order valence-electron chi connectivity index (χ4n) is 0. The molecule has 30 valence electrons. The second kappa shape index (κ2) is 15.7. The van der Waals surface area contributed by atoms with Crippen LogP contribution in [0.1, 0.15) is 0 Å². The minimum Gasteiger partial charge on any atom is 0 e. The molecule has 0 saturated carbocycles. The molecule has 0 saturated heterocycles. The third kappa shape index (κ3) is 17.8. The summed E-state index contributed by atoms with van der Waals surface area (Å²) in [6, 6.07) is 0. The van der Waals surface area contributed by atoms with Crippen molar-refractivity contribution in [3.63, 3.8) is 0 Å². The third-order valence-corrected chi connectivity index (χ3v) is 0. The van der Waals surface area contributed by atoms with Crippen LogP contribution in [0.2, 0.25) is 0 Å². The summed E-state index contributed by atoms with van der Waals surface area (Å²) >= 11 is 5.22. The predicted octanol–water partition coefficient (Wildman–Crippen LogP) is 2.39. The van der Waals surface area contributed by atoms with E-state index in [1.807, 2.05) is 0 Å². The molecule has 0 aliphatic heterocycles. The molecule has 0 aromatic rings. The SMILES string of the molecule is I[IH]I.[U].[U]. The molecule has 0 aliphatic rings. The molecule has 0 spiro atoms. The van der Waals surface area contributed by atoms with Crippen LogP contribution in [0.5, 0.6) is 0 Å². The molecule has 0 aliphatic carbocycles. The van der Waals surface area contributed by atoms with E-state index in [1.165, 1.54) is 0 Å². The Morgan fingerprint density at radius 1 is 1.00 bits per heavy atom. The maximum Gasteiger partial charge on any atom is 0 e. The van der Waals surface area contributed by atoms with Gasteiger partial charge in [0.2, 0.25) is 0 Å². The monoisotopic (exact) mass is 858 g/mol. The summed E-state index contributed by atoms with van der Waals surface area (Å²) in [7, 11) is 0. The minimum atomic E-state index is 0. The zero-order chi connectivity index (χ0) is 2.71. The van der Waals surface area contributed by atoms with Gasteiger partial charge in [-0.1, -0.05) is 0 Å². The van der Waals surface area contributed by atoms with Crippen molar-refractivity contribution in [3.8, 4) is 0 Å². The molecule has 0 amide bonds. The molecule has 0 unspecified atom stereocenters. The van der Waals surface area contributed by atoms with E-state index in [1.54, 1.807) is 0 Å². The Bertz CT molecular complexity index is 4.85. The van der Waals surface area contributed by atoms with Gasteiger partial charge in [-0.15, -0.1) is 0 Å². The molecular formula is HI3U2. The summed E-state index contributed by atoms with van der Waals surface area (Å²) < 4.78 is 0. The predicted molar refractivity (Wildman–Crippen MR) is 43.5 cm³/mol. The van der Waals surface area contributed by atoms with E-state index in [-0.39, 0.29) is 62.2 Å². The van der Waals surface area contributed by atoms with Gasteiger partial charge in [-0.25, -0.2) is 0 Å². The second-order valence-corrected chi connectivity index (χ2v) is 17.6. The topological polar surface area (TPSA) is 0 Å². The van der Waals surface area contributed by atoms with Crippen LogP contribution in [0.3, 0.4) is 0 Å². The van der Waals surface area contributed by atoms with Crippen LogP contribution in [0.15, 0.2) is 0 Å². The Kier molecular flexibility index (Phi) is 50.8. The summed E-state index contributed by atoms with van der Waals surface area (Å²) in [5.41, 5.74) is 0. The molecule has 0 N–H and O–H groups in total. The van der Waals surface area contributed by atoms with Crippen LogP contribution in [-0.2, 0) is 0 Å². The molecule has 0 atom stereocenters. The number of hydrogen-bond acceptors (Lipinski definition) is 0. The van der Waals surface area contributed by atoms with E-state index in [0.29, 0.717) is 13.3 Å². The number of hydrogen-bond donors (Lipinski definition) is 0. The quantitative estimate of drug-likeness (QED) is 0.329. The van der Waals surface area contributed by atoms with E-state index in [2.05, 4.69) is 37.2 Å². The van der Waals surface area contributed by atoms with Crippen molar-refractivity contribution >= 4 is 50.5 Å². The van der Waals surface area contributed by atoms with Gasteiger partial charge in [0.25, 0.3) is 0 Å². The molecule has 5 heavy (non-hydrogen) atoms. The Labute approximate surface area is 109 Å². The number of halogens is 3. The minimum absolute atomic E-state index is 0. The first-order chi connectivity index (χ1) is 1.41. The fourth-order valence-corrected chi connectivity index (χ4v) is 0. The average molecular weight is 858 g/mol. The first-order valence-electron chi connectivity index (χ1n) is 0.309. The molecule has 0 fully saturated rings. The summed E-state index contributed by atoms with van der Waals surface area (Å²) in [5.74, 6) is 0. The van der Waals surface area contributed by atoms with Crippen LogP contribution >= 0.6 is 50.5 Å². The molecule has 0 nitrogen and oxygen atoms in total. The van der Waals surface area contributed by atoms with Gasteiger partial charge in [-0.3, -0.25) is 0 Å².